The van der Waals surface area contributed by atoms with Gasteiger partial charge >= 0.3 is 0 Å². The van der Waals surface area contributed by atoms with Gasteiger partial charge < -0.3 is 10.3 Å². The highest BCUT2D eigenvalue weighted by atomic mass is 32.2. The molecule has 0 radical (unpaired) electrons. The summed E-state index contributed by atoms with van der Waals surface area (Å²) < 4.78 is 0.407. The third kappa shape index (κ3) is 4.17. The molecule has 1 aliphatic heterocycles. The van der Waals surface area contributed by atoms with Crippen LogP contribution in [0.25, 0.3) is 6.08 Å². The molecule has 9 heteroatoms. The van der Waals surface area contributed by atoms with Crippen molar-refractivity contribution >= 4 is 57.5 Å². The van der Waals surface area contributed by atoms with Gasteiger partial charge in [0.15, 0.2) is 0 Å². The molecule has 0 aliphatic carbocycles. The molecule has 1 fully saturated rings. The molecule has 25 heavy (non-hydrogen) atoms. The Morgan fingerprint density at radius 2 is 2.40 bits per heavy atom. The van der Waals surface area contributed by atoms with E-state index < -0.39 is 6.04 Å². The Kier molecular flexibility index (Phi) is 5.67. The van der Waals surface area contributed by atoms with E-state index in [1.165, 1.54) is 16.7 Å². The number of thiophene rings is 1. The Hall–Kier alpha value is -1.97. The van der Waals surface area contributed by atoms with E-state index >= 15 is 0 Å². The molecule has 1 saturated heterocycles. The summed E-state index contributed by atoms with van der Waals surface area (Å²) in [4.78, 5) is 34.8. The molecule has 1 aliphatic rings. The number of hydrogen-bond acceptors (Lipinski definition) is 6. The third-order valence-corrected chi connectivity index (χ3v) is 5.80. The number of rotatable bonds is 6. The number of H-pyrrole nitrogens is 1. The molecule has 2 amide bonds. The van der Waals surface area contributed by atoms with Crippen molar-refractivity contribution in [2.45, 2.75) is 19.4 Å². The first-order chi connectivity index (χ1) is 12.1. The minimum Gasteiger partial charge on any atom is -0.354 e. The lowest BCUT2D eigenvalue weighted by molar-refractivity contribution is -0.132. The zero-order chi connectivity index (χ0) is 17.8. The van der Waals surface area contributed by atoms with Crippen molar-refractivity contribution in [2.75, 3.05) is 6.54 Å². The number of thiocarbonyl (C=S) groups is 1. The molecular formula is C16H16N4O2S3. The van der Waals surface area contributed by atoms with Gasteiger partial charge in [-0.05, 0) is 24.4 Å². The quantitative estimate of drug-likeness (QED) is 0.583. The predicted molar refractivity (Wildman–Crippen MR) is 104 cm³/mol. The molecule has 0 unspecified atom stereocenters. The summed E-state index contributed by atoms with van der Waals surface area (Å²) in [5.74, 6) is -0.451. The minimum atomic E-state index is -0.650. The molecule has 0 saturated carbocycles. The maximum Gasteiger partial charge on any atom is 0.266 e. The fourth-order valence-electron chi connectivity index (χ4n) is 2.32. The Bertz CT molecular complexity index is 799. The van der Waals surface area contributed by atoms with Crippen LogP contribution in [0.3, 0.4) is 0 Å². The summed E-state index contributed by atoms with van der Waals surface area (Å²) >= 11 is 8.08. The zero-order valence-corrected chi connectivity index (χ0v) is 15.8. The van der Waals surface area contributed by atoms with Gasteiger partial charge in [0.25, 0.3) is 5.91 Å². The second kappa shape index (κ2) is 7.94. The zero-order valence-electron chi connectivity index (χ0n) is 13.4. The van der Waals surface area contributed by atoms with Crippen molar-refractivity contribution in [3.05, 3.63) is 45.5 Å². The fraction of sp³-hybridized carbons (Fsp3) is 0.250. The first-order valence-electron chi connectivity index (χ1n) is 7.62. The van der Waals surface area contributed by atoms with E-state index in [4.69, 9.17) is 12.2 Å². The Morgan fingerprint density at radius 1 is 1.56 bits per heavy atom. The van der Waals surface area contributed by atoms with E-state index in [1.54, 1.807) is 30.8 Å². The molecule has 2 aromatic rings. The molecule has 1 atom stereocenters. The summed E-state index contributed by atoms with van der Waals surface area (Å²) in [6.07, 6.45) is 5.77. The van der Waals surface area contributed by atoms with Crippen LogP contribution in [0.5, 0.6) is 0 Å². The van der Waals surface area contributed by atoms with Gasteiger partial charge in [0.2, 0.25) is 5.91 Å². The average molecular weight is 393 g/mol. The maximum atomic E-state index is 12.6. The van der Waals surface area contributed by atoms with E-state index in [1.807, 2.05) is 23.6 Å². The van der Waals surface area contributed by atoms with E-state index in [-0.39, 0.29) is 11.8 Å². The van der Waals surface area contributed by atoms with Crippen molar-refractivity contribution in [3.63, 3.8) is 0 Å². The maximum absolute atomic E-state index is 12.6. The standard InChI is InChI=1S/C16H16N4O2S3/c1-10(14(21)18-5-4-11-8-17-9-19-11)20-15(22)13(25-16(20)23)7-12-3-2-6-24-12/h2-3,6-10H,4-5H2,1H3,(H,17,19)(H,18,21)/b13-7-/t10-/m1/s1. The molecule has 0 bridgehead atoms. The molecular weight excluding hydrogens is 376 g/mol. The lowest BCUT2D eigenvalue weighted by atomic mass is 10.2. The highest BCUT2D eigenvalue weighted by molar-refractivity contribution is 8.26. The number of amides is 2. The summed E-state index contributed by atoms with van der Waals surface area (Å²) in [5, 5.41) is 4.78. The summed E-state index contributed by atoms with van der Waals surface area (Å²) in [6.45, 7) is 2.15. The van der Waals surface area contributed by atoms with Crippen molar-refractivity contribution in [1.82, 2.24) is 20.2 Å². The van der Waals surface area contributed by atoms with Gasteiger partial charge in [0.05, 0.1) is 11.2 Å². The Morgan fingerprint density at radius 3 is 3.08 bits per heavy atom. The number of nitrogens with one attached hydrogen (secondary N) is 2. The van der Waals surface area contributed by atoms with Gasteiger partial charge in [0, 0.05) is 29.7 Å². The first kappa shape index (κ1) is 17.8. The summed E-state index contributed by atoms with van der Waals surface area (Å²) in [6, 6.07) is 3.21. The van der Waals surface area contributed by atoms with E-state index in [0.717, 1.165) is 10.6 Å². The molecule has 2 aromatic heterocycles. The number of imidazole rings is 1. The summed E-state index contributed by atoms with van der Waals surface area (Å²) in [7, 11) is 0. The highest BCUT2D eigenvalue weighted by Gasteiger charge is 2.38. The van der Waals surface area contributed by atoms with Gasteiger partial charge in [-0.25, -0.2) is 4.98 Å². The predicted octanol–water partition coefficient (Wildman–Crippen LogP) is 2.42. The number of aromatic nitrogens is 2. The second-order valence-corrected chi connectivity index (χ2v) is 8.02. The lowest BCUT2D eigenvalue weighted by Crippen LogP contribution is -2.47. The Labute approximate surface area is 158 Å². The van der Waals surface area contributed by atoms with Crippen LogP contribution in [0.2, 0.25) is 0 Å². The molecule has 3 rings (SSSR count). The smallest absolute Gasteiger partial charge is 0.266 e. The van der Waals surface area contributed by atoms with Gasteiger partial charge in [-0.3, -0.25) is 14.5 Å². The number of aromatic amines is 1. The molecule has 6 nitrogen and oxygen atoms in total. The van der Waals surface area contributed by atoms with Crippen LogP contribution in [-0.4, -0.2) is 43.6 Å². The van der Waals surface area contributed by atoms with Crippen LogP contribution in [0.15, 0.2) is 34.9 Å². The molecule has 0 aromatic carbocycles. The van der Waals surface area contributed by atoms with Crippen molar-refractivity contribution in [1.29, 1.82) is 0 Å². The van der Waals surface area contributed by atoms with Crippen LogP contribution >= 0.6 is 35.3 Å². The van der Waals surface area contributed by atoms with Crippen molar-refractivity contribution < 1.29 is 9.59 Å². The monoisotopic (exact) mass is 392 g/mol. The molecule has 2 N–H and O–H groups in total. The number of carbonyl (C=O) groups excluding carboxylic acids is 2. The Balaban J connectivity index is 1.60. The average Bonchev–Trinajstić information content (AvgIpc) is 3.31. The lowest BCUT2D eigenvalue weighted by Gasteiger charge is -2.22. The number of nitrogens with zero attached hydrogens (tertiary/aromatic N) is 2. The fourth-order valence-corrected chi connectivity index (χ4v) is 4.46. The van der Waals surface area contributed by atoms with Crippen LogP contribution in [0.1, 0.15) is 17.5 Å². The largest absolute Gasteiger partial charge is 0.354 e. The molecule has 130 valence electrons. The first-order valence-corrected chi connectivity index (χ1v) is 9.72. The van der Waals surface area contributed by atoms with Crippen LogP contribution in [0, 0.1) is 0 Å². The van der Waals surface area contributed by atoms with Crippen LogP contribution in [-0.2, 0) is 16.0 Å². The topological polar surface area (TPSA) is 78.1 Å². The van der Waals surface area contributed by atoms with Gasteiger partial charge in [-0.1, -0.05) is 30.0 Å². The van der Waals surface area contributed by atoms with E-state index in [9.17, 15) is 9.59 Å². The van der Waals surface area contributed by atoms with Crippen molar-refractivity contribution in [2.24, 2.45) is 0 Å². The molecule has 0 spiro atoms. The third-order valence-electron chi connectivity index (χ3n) is 3.66. The summed E-state index contributed by atoms with van der Waals surface area (Å²) in [5.41, 5.74) is 0.942. The van der Waals surface area contributed by atoms with Crippen LogP contribution < -0.4 is 5.32 Å². The second-order valence-electron chi connectivity index (χ2n) is 5.36. The van der Waals surface area contributed by atoms with Gasteiger partial charge in [0.1, 0.15) is 10.4 Å². The number of thioether (sulfide) groups is 1. The van der Waals surface area contributed by atoms with Gasteiger partial charge in [-0.15, -0.1) is 11.3 Å². The van der Waals surface area contributed by atoms with E-state index in [2.05, 4.69) is 15.3 Å². The highest BCUT2D eigenvalue weighted by Crippen LogP contribution is 2.34. The number of carbonyl (C=O) groups is 2. The minimum absolute atomic E-state index is 0.223. The van der Waals surface area contributed by atoms with Crippen LogP contribution in [0.4, 0.5) is 0 Å². The number of hydrogen-bond donors (Lipinski definition) is 2. The van der Waals surface area contributed by atoms with Crippen molar-refractivity contribution in [3.8, 4) is 0 Å². The molecule has 3 heterocycles. The normalized spacial score (nSPS) is 17.3. The van der Waals surface area contributed by atoms with E-state index in [0.29, 0.717) is 22.2 Å². The SMILES string of the molecule is C[C@H](C(=O)NCCc1cnc[nH]1)N1C(=O)/C(=C/c2cccs2)SC1=S. The van der Waals surface area contributed by atoms with Gasteiger partial charge in [-0.2, -0.15) is 0 Å².